The summed E-state index contributed by atoms with van der Waals surface area (Å²) in [5.74, 6) is 17.9. The highest BCUT2D eigenvalue weighted by atomic mass is 14.7. The van der Waals surface area contributed by atoms with Crippen LogP contribution in [0, 0.1) is 107 Å². The van der Waals surface area contributed by atoms with Gasteiger partial charge in [-0.3, -0.25) is 0 Å². The zero-order chi connectivity index (χ0) is 47.7. The van der Waals surface area contributed by atoms with Crippen LogP contribution in [-0.2, 0) is 0 Å². The lowest BCUT2D eigenvalue weighted by molar-refractivity contribution is -0.0631. The van der Waals surface area contributed by atoms with Crippen LogP contribution in [0.15, 0.2) is 145 Å². The molecular formula is C74H74. The quantitative estimate of drug-likeness (QED) is 0.139. The van der Waals surface area contributed by atoms with Crippen LogP contribution >= 0.6 is 0 Å². The first-order chi connectivity index (χ1) is 36.7. The number of rotatable bonds is 2. The molecule has 0 heteroatoms. The summed E-state index contributed by atoms with van der Waals surface area (Å²) in [6.07, 6.45) is 53.8. The van der Waals surface area contributed by atoms with Crippen LogP contribution in [0.4, 0.5) is 0 Å². The molecule has 7 saturated carbocycles. The lowest BCUT2D eigenvalue weighted by Gasteiger charge is -2.56. The molecule has 0 spiro atoms. The Kier molecular flexibility index (Phi) is 8.77. The van der Waals surface area contributed by atoms with Crippen molar-refractivity contribution < 1.29 is 0 Å². The summed E-state index contributed by atoms with van der Waals surface area (Å²) >= 11 is 0. The standard InChI is InChI=1S/C74H74/c1-3-15-46-42(11-1)31-67-64-37-59-45(34-63(64)57-24-9-19-51(46)70(57)67)36-69-61-30-40(25-26-50(61)53-21-10-22-55(59)72(53)69)39-13-7-14-41(29-39)48-27-28-58-60-38-65-62(33-44(60)35-66-49-17-5-6-18-54(49)73(48)74(58)66)56-23-8-20-52-47-16-4-2-12-43(47)32-68(65)71(52)56/h3-4,6-7,9-10,13-16,18-19,21-22,24-26,29,31,34,36-37,40,43-44,47-49,51-52,54,56,58,60,62,65-66,68,70-71,73-74H,1-2,5,8,11-12,17,20,23,27-28,30,32-33,35,38H2. The SMILES string of the molecule is C1=CC2C3=C(C=C4c5cc6c(cc5C(=C1)C42)cc1c2c(cccc26)C2=C1CC(c1cccc(C4CCC5C6CC7C(CC6CC6C8CCC=CC8C4C56)C4CCCC5C6C=CCCC6CC7C54)c1)C=C2)CCC=C3. The lowest BCUT2D eigenvalue weighted by Crippen LogP contribution is -2.49. The molecule has 0 nitrogen and oxygen atoms in total. The maximum Gasteiger partial charge on any atom is 0.0205 e. The Balaban J connectivity index is 0.635. The second-order valence-electron chi connectivity index (χ2n) is 28.0. The molecule has 15 aliphatic carbocycles. The maximum atomic E-state index is 2.82. The van der Waals surface area contributed by atoms with Crippen molar-refractivity contribution in [2.75, 3.05) is 0 Å². The van der Waals surface area contributed by atoms with Gasteiger partial charge in [0.05, 0.1) is 0 Å². The van der Waals surface area contributed by atoms with Gasteiger partial charge in [0.1, 0.15) is 0 Å². The van der Waals surface area contributed by atoms with Crippen molar-refractivity contribution in [1.29, 1.82) is 0 Å². The highest BCUT2D eigenvalue weighted by Gasteiger charge is 2.66. The van der Waals surface area contributed by atoms with Crippen molar-refractivity contribution in [2.45, 2.75) is 115 Å². The third-order valence-electron chi connectivity index (χ3n) is 25.9. The zero-order valence-corrected chi connectivity index (χ0v) is 43.6. The molecule has 0 saturated heterocycles. The highest BCUT2D eigenvalue weighted by Crippen LogP contribution is 2.73. The topological polar surface area (TPSA) is 0 Å². The molecule has 0 aliphatic heterocycles. The van der Waals surface area contributed by atoms with E-state index in [1.807, 2.05) is 0 Å². The fourth-order valence-corrected chi connectivity index (χ4v) is 23.7. The minimum absolute atomic E-state index is 0.405. The Hall–Kier alpha value is -4.94. The van der Waals surface area contributed by atoms with Gasteiger partial charge in [0.15, 0.2) is 0 Å². The van der Waals surface area contributed by atoms with Crippen LogP contribution in [-0.4, -0.2) is 0 Å². The van der Waals surface area contributed by atoms with Crippen molar-refractivity contribution >= 4 is 43.8 Å². The van der Waals surface area contributed by atoms with Gasteiger partial charge in [0.25, 0.3) is 0 Å². The normalized spacial score (nSPS) is 43.4. The molecule has 0 radical (unpaired) electrons. The van der Waals surface area contributed by atoms with Crippen molar-refractivity contribution in [1.82, 2.24) is 0 Å². The largest absolute Gasteiger partial charge is 0.0882 e. The van der Waals surface area contributed by atoms with E-state index in [2.05, 4.69) is 134 Å². The van der Waals surface area contributed by atoms with Crippen LogP contribution in [0.3, 0.4) is 0 Å². The van der Waals surface area contributed by atoms with Crippen LogP contribution in [0.2, 0.25) is 0 Å². The first kappa shape index (κ1) is 42.2. The van der Waals surface area contributed by atoms with E-state index in [0.29, 0.717) is 23.7 Å². The molecule has 20 atom stereocenters. The maximum absolute atomic E-state index is 2.82. The molecule has 4 aromatic rings. The number of allylic oxidation sites excluding steroid dienone is 18. The third-order valence-corrected chi connectivity index (χ3v) is 25.9. The first-order valence-corrected chi connectivity index (χ1v) is 31.1. The molecule has 0 heterocycles. The van der Waals surface area contributed by atoms with Gasteiger partial charge in [0.2, 0.25) is 0 Å². The van der Waals surface area contributed by atoms with E-state index >= 15 is 0 Å². The second kappa shape index (κ2) is 15.4. The minimum Gasteiger partial charge on any atom is -0.0882 e. The van der Waals surface area contributed by atoms with Gasteiger partial charge in [-0.2, -0.15) is 0 Å². The molecule has 74 heavy (non-hydrogen) atoms. The van der Waals surface area contributed by atoms with Crippen LogP contribution in [0.1, 0.15) is 148 Å². The summed E-state index contributed by atoms with van der Waals surface area (Å²) in [5.41, 5.74) is 18.5. The Bertz CT molecular complexity index is 3460. The van der Waals surface area contributed by atoms with Gasteiger partial charge >= 0.3 is 0 Å². The average Bonchev–Trinajstić information content (AvgIpc) is 4.22. The second-order valence-corrected chi connectivity index (χ2v) is 28.0. The predicted molar refractivity (Wildman–Crippen MR) is 306 cm³/mol. The van der Waals surface area contributed by atoms with E-state index in [0.717, 1.165) is 108 Å². The summed E-state index contributed by atoms with van der Waals surface area (Å²) in [6.45, 7) is 0. The fourth-order valence-electron chi connectivity index (χ4n) is 23.7. The van der Waals surface area contributed by atoms with Crippen LogP contribution < -0.4 is 0 Å². The van der Waals surface area contributed by atoms with Crippen molar-refractivity contribution in [3.05, 3.63) is 178 Å². The lowest BCUT2D eigenvalue weighted by atomic mass is 9.49. The van der Waals surface area contributed by atoms with E-state index in [4.69, 9.17) is 0 Å². The van der Waals surface area contributed by atoms with Gasteiger partial charge < -0.3 is 0 Å². The Morgan fingerprint density at radius 2 is 1.32 bits per heavy atom. The van der Waals surface area contributed by atoms with E-state index < -0.39 is 0 Å². The average molecular weight is 963 g/mol. The fraction of sp³-hybridized carbons (Fsp3) is 0.486. The monoisotopic (exact) mass is 963 g/mol. The zero-order valence-electron chi connectivity index (χ0n) is 43.6. The summed E-state index contributed by atoms with van der Waals surface area (Å²) in [4.78, 5) is 0. The van der Waals surface area contributed by atoms with Gasteiger partial charge in [0, 0.05) is 17.8 Å². The predicted octanol–water partition coefficient (Wildman–Crippen LogP) is 18.5. The van der Waals surface area contributed by atoms with Gasteiger partial charge in [-0.05, 0) is 303 Å². The van der Waals surface area contributed by atoms with Gasteiger partial charge in [-0.15, -0.1) is 0 Å². The number of benzene rings is 4. The molecular weight excluding hydrogens is 889 g/mol. The molecule has 370 valence electrons. The van der Waals surface area contributed by atoms with E-state index in [1.165, 1.54) is 106 Å². The molecule has 7 fully saturated rings. The summed E-state index contributed by atoms with van der Waals surface area (Å²) in [5, 5.41) is 5.78. The Morgan fingerprint density at radius 3 is 2.31 bits per heavy atom. The smallest absolute Gasteiger partial charge is 0.0205 e. The van der Waals surface area contributed by atoms with Crippen molar-refractivity contribution in [3.63, 3.8) is 0 Å². The van der Waals surface area contributed by atoms with Crippen LogP contribution in [0.5, 0.6) is 0 Å². The van der Waals surface area contributed by atoms with E-state index in [-0.39, 0.29) is 0 Å². The Morgan fingerprint density at radius 1 is 0.500 bits per heavy atom. The van der Waals surface area contributed by atoms with Crippen molar-refractivity contribution in [3.8, 4) is 0 Å². The van der Waals surface area contributed by atoms with Crippen molar-refractivity contribution in [2.24, 2.45) is 107 Å². The van der Waals surface area contributed by atoms with Crippen LogP contribution in [0.25, 0.3) is 43.8 Å². The minimum atomic E-state index is 0.405. The van der Waals surface area contributed by atoms with E-state index in [1.54, 1.807) is 71.9 Å². The third kappa shape index (κ3) is 5.53. The molecule has 20 unspecified atom stereocenters. The number of hydrogen-bond acceptors (Lipinski definition) is 0. The molecule has 15 aliphatic rings. The molecule has 0 aromatic heterocycles. The highest BCUT2D eigenvalue weighted by molar-refractivity contribution is 6.24. The van der Waals surface area contributed by atoms with E-state index in [9.17, 15) is 0 Å². The molecule has 19 rings (SSSR count). The number of hydrogen-bond donors (Lipinski definition) is 0. The Labute approximate surface area is 440 Å². The summed E-state index contributed by atoms with van der Waals surface area (Å²) in [6, 6.07) is 25.4. The van der Waals surface area contributed by atoms with Gasteiger partial charge in [-0.1, -0.05) is 122 Å². The molecule has 4 aromatic carbocycles. The molecule has 0 bridgehead atoms. The first-order valence-electron chi connectivity index (χ1n) is 31.1. The summed E-state index contributed by atoms with van der Waals surface area (Å²) < 4.78 is 0. The summed E-state index contributed by atoms with van der Waals surface area (Å²) in [7, 11) is 0. The number of fused-ring (bicyclic) bond motifs is 18. The molecule has 0 N–H and O–H groups in total. The molecule has 0 amide bonds. The van der Waals surface area contributed by atoms with Gasteiger partial charge in [-0.25, -0.2) is 0 Å².